The van der Waals surface area contributed by atoms with Crippen molar-refractivity contribution in [3.8, 4) is 34.1 Å². The van der Waals surface area contributed by atoms with Crippen LogP contribution in [0.3, 0.4) is 0 Å². The van der Waals surface area contributed by atoms with E-state index >= 15 is 0 Å². The minimum atomic E-state index is -0.267. The Morgan fingerprint density at radius 3 is 2.43 bits per heavy atom. The Labute approximate surface area is 265 Å². The van der Waals surface area contributed by atoms with E-state index in [0.29, 0.717) is 65.9 Å². The number of hydrogen-bond acceptors (Lipinski definition) is 9. The third-order valence-electron chi connectivity index (χ3n) is 7.93. The average Bonchev–Trinajstić information content (AvgIpc) is 3.66. The Hall–Kier alpha value is -3.96. The molecule has 0 bridgehead atoms. The van der Waals surface area contributed by atoms with Gasteiger partial charge in [0.2, 0.25) is 17.7 Å². The van der Waals surface area contributed by atoms with Crippen LogP contribution >= 0.6 is 23.2 Å². The van der Waals surface area contributed by atoms with Gasteiger partial charge in [0.25, 0.3) is 0 Å². The van der Waals surface area contributed by atoms with Gasteiger partial charge in [0.05, 0.1) is 60.0 Å². The Morgan fingerprint density at radius 2 is 1.70 bits per heavy atom. The number of carbonyl (C=O) groups excluding carboxylic acids is 1. The Bertz CT molecular complexity index is 1720. The summed E-state index contributed by atoms with van der Waals surface area (Å²) in [6.45, 7) is 1.98. The molecule has 3 N–H and O–H groups in total. The fraction of sp³-hybridized carbons (Fsp3) is 0.312. The highest BCUT2D eigenvalue weighted by atomic mass is 35.5. The highest BCUT2D eigenvalue weighted by Gasteiger charge is 2.28. The third kappa shape index (κ3) is 5.90. The number of aromatic nitrogens is 3. The molecule has 0 spiro atoms. The van der Waals surface area contributed by atoms with E-state index in [2.05, 4.69) is 25.5 Å². The highest BCUT2D eigenvalue weighted by Crippen LogP contribution is 2.44. The fourth-order valence-corrected chi connectivity index (χ4v) is 6.41. The fourth-order valence-electron chi connectivity index (χ4n) is 5.74. The number of aliphatic hydroxyl groups is 1. The third-order valence-corrected chi connectivity index (χ3v) is 8.74. The number of benzene rings is 2. The van der Waals surface area contributed by atoms with Crippen molar-refractivity contribution < 1.29 is 19.4 Å². The number of fused-ring (bicyclic) bond motifs is 1. The van der Waals surface area contributed by atoms with Gasteiger partial charge >= 0.3 is 0 Å². The summed E-state index contributed by atoms with van der Waals surface area (Å²) >= 11 is 14.1. The van der Waals surface area contributed by atoms with E-state index in [0.717, 1.165) is 45.6 Å². The molecule has 2 aliphatic rings. The number of amides is 1. The second-order valence-electron chi connectivity index (χ2n) is 10.7. The van der Waals surface area contributed by atoms with Crippen LogP contribution in [0.2, 0.25) is 10.0 Å². The largest absolute Gasteiger partial charge is 0.481 e. The van der Waals surface area contributed by atoms with Crippen LogP contribution in [-0.2, 0) is 31.0 Å². The first-order valence-corrected chi connectivity index (χ1v) is 15.1. The number of pyridine rings is 1. The number of rotatable bonds is 10. The first-order chi connectivity index (χ1) is 21.4. The van der Waals surface area contributed by atoms with Crippen molar-refractivity contribution in [2.75, 3.05) is 25.7 Å². The lowest BCUT2D eigenvalue weighted by Crippen LogP contribution is -2.35. The minimum absolute atomic E-state index is 0.0991. The number of anilines is 1. The molecule has 6 rings (SSSR count). The number of methoxy groups -OCH3 is 2. The van der Waals surface area contributed by atoms with Crippen LogP contribution < -0.4 is 25.0 Å². The summed E-state index contributed by atoms with van der Waals surface area (Å²) in [6.07, 6.45) is 1.41. The van der Waals surface area contributed by atoms with E-state index in [1.165, 1.54) is 0 Å². The standard InChI is InChI=1S/C32H32Cl2N6O4/c1-43-31-18(13-35-14-19-10-12-28(42)36-19)9-11-24(38-31)22-7-3-5-20(29(22)33)21-6-4-8-26(30(21)34)40-15-23-25(16-40)37-27(17-41)39-32(23)44-2/h3-9,11,19,35,41H,10,12-17H2,1-2H3,(H,36,42). The van der Waals surface area contributed by atoms with Crippen LogP contribution in [-0.4, -0.2) is 52.8 Å². The van der Waals surface area contributed by atoms with Crippen molar-refractivity contribution in [2.45, 2.75) is 45.1 Å². The van der Waals surface area contributed by atoms with E-state index in [4.69, 9.17) is 37.7 Å². The molecule has 0 aliphatic carbocycles. The molecule has 1 unspecified atom stereocenters. The molecule has 1 fully saturated rings. The van der Waals surface area contributed by atoms with Gasteiger partial charge < -0.3 is 30.1 Å². The molecule has 2 aromatic heterocycles. The van der Waals surface area contributed by atoms with Gasteiger partial charge in [0, 0.05) is 47.8 Å². The zero-order chi connectivity index (χ0) is 30.8. The van der Waals surface area contributed by atoms with E-state index < -0.39 is 0 Å². The van der Waals surface area contributed by atoms with Crippen LogP contribution in [0.1, 0.15) is 35.5 Å². The highest BCUT2D eigenvalue weighted by molar-refractivity contribution is 6.39. The summed E-state index contributed by atoms with van der Waals surface area (Å²) in [4.78, 5) is 27.2. The molecule has 1 amide bonds. The molecule has 1 atom stereocenters. The quantitative estimate of drug-likeness (QED) is 0.223. The number of hydrogen-bond donors (Lipinski definition) is 3. The number of halogens is 2. The summed E-state index contributed by atoms with van der Waals surface area (Å²) in [7, 11) is 3.15. The lowest BCUT2D eigenvalue weighted by atomic mass is 10.00. The van der Waals surface area contributed by atoms with E-state index in [1.807, 2.05) is 48.5 Å². The van der Waals surface area contributed by atoms with Crippen molar-refractivity contribution in [3.63, 3.8) is 0 Å². The van der Waals surface area contributed by atoms with Gasteiger partial charge in [0.1, 0.15) is 6.61 Å². The Morgan fingerprint density at radius 1 is 0.955 bits per heavy atom. The predicted molar refractivity (Wildman–Crippen MR) is 169 cm³/mol. The predicted octanol–water partition coefficient (Wildman–Crippen LogP) is 4.91. The molecule has 2 aliphatic heterocycles. The monoisotopic (exact) mass is 634 g/mol. The van der Waals surface area contributed by atoms with Gasteiger partial charge in [-0.05, 0) is 18.6 Å². The van der Waals surface area contributed by atoms with Gasteiger partial charge in [-0.25, -0.2) is 9.97 Å². The zero-order valence-corrected chi connectivity index (χ0v) is 25.9. The molecule has 44 heavy (non-hydrogen) atoms. The number of nitrogens with one attached hydrogen (secondary N) is 2. The maximum Gasteiger partial charge on any atom is 0.221 e. The molecule has 0 radical (unpaired) electrons. The SMILES string of the molecule is COc1nc(-c2cccc(-c3cccc(N4Cc5nc(CO)nc(OC)c5C4)c3Cl)c2Cl)ccc1CNCC1CCC(=O)N1. The lowest BCUT2D eigenvalue weighted by molar-refractivity contribution is -0.119. The molecular weight excluding hydrogens is 603 g/mol. The summed E-state index contributed by atoms with van der Waals surface area (Å²) in [5.41, 5.74) is 6.38. The van der Waals surface area contributed by atoms with Crippen molar-refractivity contribution in [1.29, 1.82) is 0 Å². The smallest absolute Gasteiger partial charge is 0.221 e. The zero-order valence-electron chi connectivity index (χ0n) is 24.4. The van der Waals surface area contributed by atoms with Gasteiger partial charge in [0.15, 0.2) is 5.82 Å². The molecule has 10 nitrogen and oxygen atoms in total. The maximum atomic E-state index is 11.5. The average molecular weight is 636 g/mol. The van der Waals surface area contributed by atoms with Crippen LogP contribution in [0, 0.1) is 0 Å². The molecule has 4 heterocycles. The minimum Gasteiger partial charge on any atom is -0.481 e. The number of nitrogens with zero attached hydrogens (tertiary/aromatic N) is 4. The molecule has 1 saturated heterocycles. The van der Waals surface area contributed by atoms with E-state index in [9.17, 15) is 9.90 Å². The second kappa shape index (κ2) is 13.0. The normalized spacial score (nSPS) is 15.8. The summed E-state index contributed by atoms with van der Waals surface area (Å²) in [5.74, 6) is 1.38. The number of carbonyl (C=O) groups is 1. The lowest BCUT2D eigenvalue weighted by Gasteiger charge is -2.21. The van der Waals surface area contributed by atoms with Gasteiger partial charge in [-0.15, -0.1) is 0 Å². The molecule has 0 saturated carbocycles. The van der Waals surface area contributed by atoms with Crippen molar-refractivity contribution in [2.24, 2.45) is 0 Å². The Kier molecular flexibility index (Phi) is 8.86. The first kappa shape index (κ1) is 30.1. The first-order valence-electron chi connectivity index (χ1n) is 14.3. The summed E-state index contributed by atoms with van der Waals surface area (Å²) < 4.78 is 11.1. The topological polar surface area (TPSA) is 122 Å². The summed E-state index contributed by atoms with van der Waals surface area (Å²) in [6, 6.07) is 15.7. The van der Waals surface area contributed by atoms with Gasteiger partial charge in [-0.1, -0.05) is 59.6 Å². The van der Waals surface area contributed by atoms with Crippen molar-refractivity contribution in [3.05, 3.63) is 81.2 Å². The molecule has 12 heteroatoms. The maximum absolute atomic E-state index is 11.5. The number of aliphatic hydroxyl groups excluding tert-OH is 1. The van der Waals surface area contributed by atoms with Gasteiger partial charge in [-0.3, -0.25) is 4.79 Å². The Balaban J connectivity index is 1.25. The van der Waals surface area contributed by atoms with Crippen molar-refractivity contribution in [1.82, 2.24) is 25.6 Å². The van der Waals surface area contributed by atoms with Gasteiger partial charge in [-0.2, -0.15) is 4.98 Å². The van der Waals surface area contributed by atoms with Crippen LogP contribution in [0.25, 0.3) is 22.4 Å². The molecular formula is C32H32Cl2N6O4. The number of ether oxygens (including phenoxy) is 2. The molecule has 4 aromatic rings. The van der Waals surface area contributed by atoms with Crippen LogP contribution in [0.5, 0.6) is 11.8 Å². The second-order valence-corrected chi connectivity index (χ2v) is 11.4. The van der Waals surface area contributed by atoms with Crippen molar-refractivity contribution >= 4 is 34.8 Å². The summed E-state index contributed by atoms with van der Waals surface area (Å²) in [5, 5.41) is 17.0. The van der Waals surface area contributed by atoms with E-state index in [-0.39, 0.29) is 18.6 Å². The molecule has 228 valence electrons. The van der Waals surface area contributed by atoms with Crippen LogP contribution in [0.4, 0.5) is 5.69 Å². The van der Waals surface area contributed by atoms with Crippen LogP contribution in [0.15, 0.2) is 48.5 Å². The van der Waals surface area contributed by atoms with E-state index in [1.54, 1.807) is 14.2 Å². The molecule has 2 aromatic carbocycles.